The second-order valence-electron chi connectivity index (χ2n) is 11.2. The van der Waals surface area contributed by atoms with E-state index in [0.717, 1.165) is 26.6 Å². The number of sulfonamides is 1. The van der Waals surface area contributed by atoms with E-state index < -0.39 is 28.5 Å². The Hall–Kier alpha value is -4.05. The van der Waals surface area contributed by atoms with Crippen molar-refractivity contribution in [2.75, 3.05) is 31.6 Å². The summed E-state index contributed by atoms with van der Waals surface area (Å²) in [7, 11) is -1.38. The Balaban J connectivity index is 2.09. The van der Waals surface area contributed by atoms with Crippen LogP contribution in [-0.4, -0.2) is 58.5 Å². The molecule has 0 aliphatic heterocycles. The van der Waals surface area contributed by atoms with Gasteiger partial charge in [-0.2, -0.15) is 0 Å². The molecule has 10 heteroatoms. The predicted octanol–water partition coefficient (Wildman–Crippen LogP) is 5.01. The third-order valence-corrected chi connectivity index (χ3v) is 8.77. The summed E-state index contributed by atoms with van der Waals surface area (Å²) < 4.78 is 40.2. The Morgan fingerprint density at radius 3 is 2.07 bits per heavy atom. The van der Waals surface area contributed by atoms with Crippen molar-refractivity contribution < 1.29 is 27.5 Å². The number of nitrogens with one attached hydrogen (secondary N) is 1. The monoisotopic (exact) mass is 609 g/mol. The number of anilines is 1. The standard InChI is InChI=1S/C33H43N3O6S/c1-22(2)19-34-33(38)26(6)35(20-27-11-9-10-23(3)15-27)32(37)21-36(28-16-24(4)14-25(5)17-28)43(39,40)29-12-13-30(41-7)31(18-29)42-8/h9-18,22,26H,19-21H2,1-8H3,(H,34,38). The van der Waals surface area contributed by atoms with Gasteiger partial charge in [0.1, 0.15) is 12.6 Å². The van der Waals surface area contributed by atoms with Gasteiger partial charge < -0.3 is 19.7 Å². The van der Waals surface area contributed by atoms with Gasteiger partial charge in [-0.1, -0.05) is 49.7 Å². The number of carbonyl (C=O) groups is 2. The van der Waals surface area contributed by atoms with Crippen molar-refractivity contribution >= 4 is 27.5 Å². The molecule has 2 amide bonds. The van der Waals surface area contributed by atoms with Crippen LogP contribution in [0.5, 0.6) is 11.5 Å². The van der Waals surface area contributed by atoms with Crippen LogP contribution in [0, 0.1) is 26.7 Å². The fraction of sp³-hybridized carbons (Fsp3) is 0.394. The second-order valence-corrected chi connectivity index (χ2v) is 13.1. The summed E-state index contributed by atoms with van der Waals surface area (Å²) in [6.07, 6.45) is 0. The molecule has 0 spiro atoms. The molecular formula is C33H43N3O6S. The molecule has 232 valence electrons. The number of amides is 2. The first-order valence-corrected chi connectivity index (χ1v) is 15.7. The van der Waals surface area contributed by atoms with E-state index in [2.05, 4.69) is 5.32 Å². The minimum atomic E-state index is -4.27. The van der Waals surface area contributed by atoms with Gasteiger partial charge in [-0.3, -0.25) is 13.9 Å². The summed E-state index contributed by atoms with van der Waals surface area (Å²) >= 11 is 0. The molecule has 0 fully saturated rings. The van der Waals surface area contributed by atoms with Gasteiger partial charge in [-0.05, 0) is 74.6 Å². The molecule has 3 aromatic carbocycles. The third kappa shape index (κ3) is 8.50. The highest BCUT2D eigenvalue weighted by atomic mass is 32.2. The van der Waals surface area contributed by atoms with E-state index in [1.807, 2.05) is 65.0 Å². The summed E-state index contributed by atoms with van der Waals surface area (Å²) in [5.74, 6) is 0.0175. The average Bonchev–Trinajstić information content (AvgIpc) is 2.95. The number of benzene rings is 3. The molecule has 3 aromatic rings. The van der Waals surface area contributed by atoms with Crippen molar-refractivity contribution in [2.45, 2.75) is 59.0 Å². The van der Waals surface area contributed by atoms with Crippen molar-refractivity contribution in [3.8, 4) is 11.5 Å². The first-order chi connectivity index (χ1) is 20.3. The first-order valence-electron chi connectivity index (χ1n) is 14.2. The van der Waals surface area contributed by atoms with E-state index in [-0.39, 0.29) is 29.0 Å². The summed E-state index contributed by atoms with van der Waals surface area (Å²) in [6.45, 7) is 11.4. The quantitative estimate of drug-likeness (QED) is 0.292. The van der Waals surface area contributed by atoms with Gasteiger partial charge in [0, 0.05) is 19.2 Å². The van der Waals surface area contributed by atoms with Crippen LogP contribution in [0.2, 0.25) is 0 Å². The third-order valence-electron chi connectivity index (χ3n) is 7.00. The largest absolute Gasteiger partial charge is 0.493 e. The zero-order valence-corrected chi connectivity index (χ0v) is 27.1. The topological polar surface area (TPSA) is 105 Å². The number of nitrogens with zero attached hydrogens (tertiary/aromatic N) is 2. The van der Waals surface area contributed by atoms with E-state index in [0.29, 0.717) is 18.0 Å². The fourth-order valence-corrected chi connectivity index (χ4v) is 6.18. The average molecular weight is 610 g/mol. The van der Waals surface area contributed by atoms with Crippen LogP contribution in [0.3, 0.4) is 0 Å². The van der Waals surface area contributed by atoms with Crippen LogP contribution in [0.1, 0.15) is 43.0 Å². The molecule has 1 N–H and O–H groups in total. The number of aryl methyl sites for hydroxylation is 3. The van der Waals surface area contributed by atoms with E-state index in [9.17, 15) is 18.0 Å². The lowest BCUT2D eigenvalue weighted by atomic mass is 10.1. The number of carbonyl (C=O) groups excluding carboxylic acids is 2. The summed E-state index contributed by atoms with van der Waals surface area (Å²) in [6, 6.07) is 16.5. The maximum atomic E-state index is 14.2. The van der Waals surface area contributed by atoms with Gasteiger partial charge in [0.15, 0.2) is 11.5 Å². The summed E-state index contributed by atoms with van der Waals surface area (Å²) in [4.78, 5) is 28.7. The van der Waals surface area contributed by atoms with Crippen molar-refractivity contribution in [2.24, 2.45) is 5.92 Å². The van der Waals surface area contributed by atoms with Crippen LogP contribution >= 0.6 is 0 Å². The predicted molar refractivity (Wildman–Crippen MR) is 169 cm³/mol. The Morgan fingerprint density at radius 1 is 0.837 bits per heavy atom. The van der Waals surface area contributed by atoms with Crippen molar-refractivity contribution in [1.29, 1.82) is 0 Å². The zero-order chi connectivity index (χ0) is 31.9. The lowest BCUT2D eigenvalue weighted by Gasteiger charge is -2.32. The van der Waals surface area contributed by atoms with Gasteiger partial charge in [0.25, 0.3) is 10.0 Å². The van der Waals surface area contributed by atoms with Gasteiger partial charge in [-0.15, -0.1) is 0 Å². The van der Waals surface area contributed by atoms with Crippen molar-refractivity contribution in [3.05, 3.63) is 82.9 Å². The molecule has 3 rings (SSSR count). The molecule has 0 aliphatic carbocycles. The SMILES string of the molecule is COc1ccc(S(=O)(=O)N(CC(=O)N(Cc2cccc(C)c2)C(C)C(=O)NCC(C)C)c2cc(C)cc(C)c2)cc1OC. The van der Waals surface area contributed by atoms with Crippen LogP contribution in [0.25, 0.3) is 0 Å². The number of rotatable bonds is 13. The van der Waals surface area contributed by atoms with Crippen LogP contribution < -0.4 is 19.1 Å². The van der Waals surface area contributed by atoms with Gasteiger partial charge in [-0.25, -0.2) is 8.42 Å². The molecule has 1 unspecified atom stereocenters. The fourth-order valence-electron chi connectivity index (χ4n) is 4.77. The maximum Gasteiger partial charge on any atom is 0.264 e. The van der Waals surface area contributed by atoms with Gasteiger partial charge >= 0.3 is 0 Å². The Labute approximate surface area is 255 Å². The minimum absolute atomic E-state index is 0.0648. The maximum absolute atomic E-state index is 14.2. The highest BCUT2D eigenvalue weighted by Crippen LogP contribution is 2.33. The summed E-state index contributed by atoms with van der Waals surface area (Å²) in [5, 5.41) is 2.90. The molecule has 0 saturated heterocycles. The van der Waals surface area contributed by atoms with Crippen LogP contribution in [-0.2, 0) is 26.2 Å². The Kier molecular flexibility index (Phi) is 11.2. The number of hydrogen-bond acceptors (Lipinski definition) is 6. The van der Waals surface area contributed by atoms with Crippen LogP contribution in [0.4, 0.5) is 5.69 Å². The number of methoxy groups -OCH3 is 2. The normalized spacial score (nSPS) is 12.0. The molecule has 43 heavy (non-hydrogen) atoms. The second kappa shape index (κ2) is 14.4. The lowest BCUT2D eigenvalue weighted by Crippen LogP contribution is -2.51. The number of hydrogen-bond donors (Lipinski definition) is 1. The van der Waals surface area contributed by atoms with Crippen LogP contribution in [0.15, 0.2) is 65.6 Å². The highest BCUT2D eigenvalue weighted by molar-refractivity contribution is 7.92. The van der Waals surface area contributed by atoms with E-state index in [1.165, 1.54) is 37.3 Å². The summed E-state index contributed by atoms with van der Waals surface area (Å²) in [5.41, 5.74) is 3.86. The molecule has 0 aliphatic rings. The Bertz CT molecular complexity index is 1530. The van der Waals surface area contributed by atoms with Crippen molar-refractivity contribution in [1.82, 2.24) is 10.2 Å². The molecule has 0 aromatic heterocycles. The lowest BCUT2D eigenvalue weighted by molar-refractivity contribution is -0.139. The molecule has 0 saturated carbocycles. The highest BCUT2D eigenvalue weighted by Gasteiger charge is 2.33. The number of ether oxygens (including phenoxy) is 2. The molecule has 1 atom stereocenters. The molecule has 9 nitrogen and oxygen atoms in total. The molecule has 0 radical (unpaired) electrons. The first kappa shape index (κ1) is 33.5. The zero-order valence-electron chi connectivity index (χ0n) is 26.3. The van der Waals surface area contributed by atoms with E-state index in [1.54, 1.807) is 19.1 Å². The molecular weight excluding hydrogens is 566 g/mol. The Morgan fingerprint density at radius 2 is 1.49 bits per heavy atom. The van der Waals surface area contributed by atoms with E-state index in [4.69, 9.17) is 9.47 Å². The van der Waals surface area contributed by atoms with Crippen molar-refractivity contribution in [3.63, 3.8) is 0 Å². The van der Waals surface area contributed by atoms with Gasteiger partial charge in [0.2, 0.25) is 11.8 Å². The smallest absolute Gasteiger partial charge is 0.264 e. The molecule has 0 bridgehead atoms. The molecule has 0 heterocycles. The van der Waals surface area contributed by atoms with Gasteiger partial charge in [0.05, 0.1) is 24.8 Å². The van der Waals surface area contributed by atoms with E-state index >= 15 is 0 Å². The minimum Gasteiger partial charge on any atom is -0.493 e.